The van der Waals surface area contributed by atoms with Crippen LogP contribution in [0.15, 0.2) is 48.5 Å². The molecule has 2 aromatic carbocycles. The highest BCUT2D eigenvalue weighted by Crippen LogP contribution is 2.47. The minimum atomic E-state index is -1.06. The standard InChI is InChI=1S/C20H19O4/c1-20(2,3)24-19(22)18(23-12-21)17-15-10-6-4-8-13(15)14-9-5-7-11-16(14)17/h4-11,17-18H,1-3H3. The fourth-order valence-electron chi connectivity index (χ4n) is 3.18. The minimum absolute atomic E-state index is 0.395. The van der Waals surface area contributed by atoms with E-state index in [2.05, 4.69) is 0 Å². The molecule has 123 valence electrons. The molecule has 0 aliphatic heterocycles. The van der Waals surface area contributed by atoms with Crippen molar-refractivity contribution in [2.24, 2.45) is 0 Å². The van der Waals surface area contributed by atoms with Gasteiger partial charge in [-0.15, -0.1) is 0 Å². The van der Waals surface area contributed by atoms with Gasteiger partial charge in [-0.05, 0) is 43.0 Å². The van der Waals surface area contributed by atoms with Crippen molar-refractivity contribution in [3.63, 3.8) is 0 Å². The molecule has 4 heteroatoms. The summed E-state index contributed by atoms with van der Waals surface area (Å²) in [6.07, 6.45) is -1.06. The molecule has 0 bridgehead atoms. The summed E-state index contributed by atoms with van der Waals surface area (Å²) in [6, 6.07) is 15.6. The van der Waals surface area contributed by atoms with Crippen LogP contribution >= 0.6 is 0 Å². The number of ether oxygens (including phenoxy) is 2. The Bertz CT molecular complexity index is 728. The molecule has 2 aromatic rings. The maximum Gasteiger partial charge on any atom is 0.418 e. The maximum atomic E-state index is 12.6. The highest BCUT2D eigenvalue weighted by Gasteiger charge is 2.41. The average molecular weight is 323 g/mol. The molecule has 0 fully saturated rings. The predicted molar refractivity (Wildman–Crippen MR) is 90.1 cm³/mol. The van der Waals surface area contributed by atoms with E-state index >= 15 is 0 Å². The van der Waals surface area contributed by atoms with Crippen LogP contribution < -0.4 is 0 Å². The van der Waals surface area contributed by atoms with Gasteiger partial charge >= 0.3 is 12.4 Å². The molecule has 1 aliphatic carbocycles. The number of fused-ring (bicyclic) bond motifs is 3. The number of carbonyl (C=O) groups excluding carboxylic acids is 2. The monoisotopic (exact) mass is 323 g/mol. The second kappa shape index (κ2) is 6.11. The number of carbonyl (C=O) groups is 1. The lowest BCUT2D eigenvalue weighted by Gasteiger charge is -2.26. The highest BCUT2D eigenvalue weighted by molar-refractivity contribution is 5.85. The Morgan fingerprint density at radius 2 is 1.50 bits per heavy atom. The average Bonchev–Trinajstić information content (AvgIpc) is 2.85. The molecule has 0 aromatic heterocycles. The van der Waals surface area contributed by atoms with Crippen LogP contribution in [-0.4, -0.2) is 24.1 Å². The van der Waals surface area contributed by atoms with Crippen LogP contribution in [0.2, 0.25) is 0 Å². The van der Waals surface area contributed by atoms with Gasteiger partial charge in [-0.2, -0.15) is 0 Å². The summed E-state index contributed by atoms with van der Waals surface area (Å²) in [5.41, 5.74) is 3.32. The van der Waals surface area contributed by atoms with E-state index in [1.807, 2.05) is 48.5 Å². The lowest BCUT2D eigenvalue weighted by Crippen LogP contribution is -2.37. The molecule has 0 heterocycles. The zero-order valence-electron chi connectivity index (χ0n) is 13.9. The number of esters is 1. The second-order valence-electron chi connectivity index (χ2n) is 6.81. The van der Waals surface area contributed by atoms with Crippen molar-refractivity contribution in [2.75, 3.05) is 0 Å². The van der Waals surface area contributed by atoms with Gasteiger partial charge in [0.15, 0.2) is 0 Å². The minimum Gasteiger partial charge on any atom is -0.457 e. The van der Waals surface area contributed by atoms with Gasteiger partial charge in [0.25, 0.3) is 0 Å². The summed E-state index contributed by atoms with van der Waals surface area (Å²) in [4.78, 5) is 23.5. The molecule has 24 heavy (non-hydrogen) atoms. The zero-order valence-corrected chi connectivity index (χ0v) is 13.9. The molecule has 1 atom stereocenters. The second-order valence-corrected chi connectivity index (χ2v) is 6.81. The van der Waals surface area contributed by atoms with Crippen LogP contribution in [-0.2, 0) is 19.1 Å². The Labute approximate surface area is 141 Å². The predicted octanol–water partition coefficient (Wildman–Crippen LogP) is 3.59. The van der Waals surface area contributed by atoms with E-state index in [0.717, 1.165) is 22.3 Å². The molecule has 0 N–H and O–H groups in total. The molecule has 0 amide bonds. The Balaban J connectivity index is 2.08. The quantitative estimate of drug-likeness (QED) is 0.807. The van der Waals surface area contributed by atoms with Crippen LogP contribution in [0.1, 0.15) is 37.8 Å². The first-order valence-corrected chi connectivity index (χ1v) is 7.86. The van der Waals surface area contributed by atoms with Crippen LogP contribution in [0.3, 0.4) is 0 Å². The van der Waals surface area contributed by atoms with Gasteiger partial charge in [-0.1, -0.05) is 48.5 Å². The van der Waals surface area contributed by atoms with Gasteiger partial charge in [0.05, 0.1) is 5.92 Å². The molecule has 4 nitrogen and oxygen atoms in total. The van der Waals surface area contributed by atoms with Gasteiger partial charge in [0.1, 0.15) is 5.60 Å². The summed E-state index contributed by atoms with van der Waals surface area (Å²) in [6.45, 7) is 6.76. The summed E-state index contributed by atoms with van der Waals surface area (Å²) in [5.74, 6) is -0.962. The van der Waals surface area contributed by atoms with Crippen molar-refractivity contribution in [1.82, 2.24) is 0 Å². The van der Waals surface area contributed by atoms with Crippen molar-refractivity contribution in [3.8, 4) is 11.1 Å². The van der Waals surface area contributed by atoms with Crippen molar-refractivity contribution in [2.45, 2.75) is 38.4 Å². The summed E-state index contributed by atoms with van der Waals surface area (Å²) < 4.78 is 10.5. The molecule has 1 aliphatic rings. The van der Waals surface area contributed by atoms with E-state index in [1.165, 1.54) is 6.47 Å². The van der Waals surface area contributed by atoms with Gasteiger partial charge < -0.3 is 9.47 Å². The normalized spacial score (nSPS) is 14.5. The van der Waals surface area contributed by atoms with E-state index in [9.17, 15) is 9.59 Å². The fraction of sp³-hybridized carbons (Fsp3) is 0.300. The summed E-state index contributed by atoms with van der Waals surface area (Å²) in [5, 5.41) is 0. The molecular formula is C20H19O4. The number of rotatable bonds is 4. The van der Waals surface area contributed by atoms with Crippen LogP contribution in [0.25, 0.3) is 11.1 Å². The lowest BCUT2D eigenvalue weighted by atomic mass is 9.91. The lowest BCUT2D eigenvalue weighted by molar-refractivity contribution is -0.164. The Hall–Kier alpha value is -2.62. The van der Waals surface area contributed by atoms with Gasteiger partial charge in [0.2, 0.25) is 6.10 Å². The molecular weight excluding hydrogens is 304 g/mol. The Morgan fingerprint density at radius 3 is 1.96 bits per heavy atom. The topological polar surface area (TPSA) is 52.6 Å². The largest absolute Gasteiger partial charge is 0.457 e. The SMILES string of the molecule is CC(C)(C)OC(=O)C(O[C]=O)C1c2ccccc2-c2ccccc21. The Morgan fingerprint density at radius 1 is 1.00 bits per heavy atom. The first-order valence-electron chi connectivity index (χ1n) is 7.86. The van der Waals surface area contributed by atoms with Crippen LogP contribution in [0, 0.1) is 0 Å². The molecule has 0 saturated carbocycles. The van der Waals surface area contributed by atoms with Crippen molar-refractivity contribution in [3.05, 3.63) is 59.7 Å². The third-order valence-corrected chi connectivity index (χ3v) is 4.00. The van der Waals surface area contributed by atoms with Crippen molar-refractivity contribution >= 4 is 12.4 Å². The van der Waals surface area contributed by atoms with Gasteiger partial charge in [-0.25, -0.2) is 9.59 Å². The van der Waals surface area contributed by atoms with Crippen molar-refractivity contribution < 1.29 is 19.1 Å². The third kappa shape index (κ3) is 2.92. The zero-order chi connectivity index (χ0) is 17.3. The number of hydrogen-bond donors (Lipinski definition) is 0. The smallest absolute Gasteiger partial charge is 0.418 e. The van der Waals surface area contributed by atoms with E-state index in [4.69, 9.17) is 9.47 Å². The molecule has 0 spiro atoms. The van der Waals surface area contributed by atoms with E-state index in [-0.39, 0.29) is 0 Å². The summed E-state index contributed by atoms with van der Waals surface area (Å²) in [7, 11) is 0. The molecule has 0 saturated heterocycles. The maximum absolute atomic E-state index is 12.6. The molecule has 1 unspecified atom stereocenters. The van der Waals surface area contributed by atoms with E-state index < -0.39 is 23.6 Å². The first kappa shape index (κ1) is 16.2. The number of benzene rings is 2. The first-order chi connectivity index (χ1) is 11.4. The molecule has 1 radical (unpaired) electrons. The van der Waals surface area contributed by atoms with E-state index in [1.54, 1.807) is 20.8 Å². The third-order valence-electron chi connectivity index (χ3n) is 4.00. The molecule has 3 rings (SSSR count). The van der Waals surface area contributed by atoms with Gasteiger partial charge in [0, 0.05) is 0 Å². The Kier molecular flexibility index (Phi) is 4.14. The van der Waals surface area contributed by atoms with Crippen LogP contribution in [0.4, 0.5) is 0 Å². The van der Waals surface area contributed by atoms with E-state index in [0.29, 0.717) is 0 Å². The summed E-state index contributed by atoms with van der Waals surface area (Å²) >= 11 is 0. The number of hydrogen-bond acceptors (Lipinski definition) is 4. The van der Waals surface area contributed by atoms with Crippen LogP contribution in [0.5, 0.6) is 0 Å². The van der Waals surface area contributed by atoms with Gasteiger partial charge in [-0.3, -0.25) is 0 Å². The highest BCUT2D eigenvalue weighted by atomic mass is 16.6. The van der Waals surface area contributed by atoms with Crippen molar-refractivity contribution in [1.29, 1.82) is 0 Å². The fourth-order valence-corrected chi connectivity index (χ4v) is 3.18.